The van der Waals surface area contributed by atoms with E-state index in [0.717, 1.165) is 11.1 Å². The van der Waals surface area contributed by atoms with E-state index in [-0.39, 0.29) is 31.5 Å². The van der Waals surface area contributed by atoms with E-state index in [0.29, 0.717) is 13.1 Å². The lowest BCUT2D eigenvalue weighted by atomic mass is 9.99. The summed E-state index contributed by atoms with van der Waals surface area (Å²) in [6.07, 6.45) is -2.30. The second-order valence-corrected chi connectivity index (χ2v) is 9.94. The Bertz CT molecular complexity index is 1080. The highest BCUT2D eigenvalue weighted by Gasteiger charge is 2.30. The maximum Gasteiger partial charge on any atom is 0.408 e. The quantitative estimate of drug-likeness (QED) is 0.225. The molecule has 0 saturated carbocycles. The third-order valence-electron chi connectivity index (χ3n) is 5.93. The van der Waals surface area contributed by atoms with Crippen molar-refractivity contribution < 1.29 is 29.0 Å². The van der Waals surface area contributed by atoms with E-state index in [2.05, 4.69) is 16.0 Å². The highest BCUT2D eigenvalue weighted by atomic mass is 16.5. The highest BCUT2D eigenvalue weighted by molar-refractivity contribution is 5.90. The fourth-order valence-corrected chi connectivity index (χ4v) is 4.05. The van der Waals surface area contributed by atoms with Gasteiger partial charge in [-0.2, -0.15) is 0 Å². The van der Waals surface area contributed by atoms with Gasteiger partial charge in [-0.25, -0.2) is 9.59 Å². The predicted molar refractivity (Wildman–Crippen MR) is 151 cm³/mol. The van der Waals surface area contributed by atoms with Crippen molar-refractivity contribution >= 4 is 23.9 Å². The molecular weight excluding hydrogens is 514 g/mol. The van der Waals surface area contributed by atoms with E-state index in [9.17, 15) is 24.3 Å². The van der Waals surface area contributed by atoms with Gasteiger partial charge in [0.25, 0.3) is 0 Å². The fraction of sp³-hybridized carbons (Fsp3) is 0.448. The lowest BCUT2D eigenvalue weighted by molar-refractivity contribution is -0.128. The van der Waals surface area contributed by atoms with Gasteiger partial charge < -0.3 is 36.4 Å². The molecule has 3 atom stereocenters. The number of urea groups is 1. The summed E-state index contributed by atoms with van der Waals surface area (Å²) >= 11 is 0. The van der Waals surface area contributed by atoms with Crippen molar-refractivity contribution in [3.05, 3.63) is 71.8 Å². The number of aliphatic hydroxyl groups excluding tert-OH is 1. The number of alkyl carbamates (subject to hydrolysis) is 1. The Morgan fingerprint density at radius 1 is 0.925 bits per heavy atom. The Morgan fingerprint density at radius 2 is 1.52 bits per heavy atom. The number of carbonyl (C=O) groups excluding carboxylic acids is 4. The van der Waals surface area contributed by atoms with Crippen LogP contribution in [0.5, 0.6) is 0 Å². The molecule has 218 valence electrons. The summed E-state index contributed by atoms with van der Waals surface area (Å²) in [7, 11) is 0. The molecule has 11 heteroatoms. The van der Waals surface area contributed by atoms with Gasteiger partial charge in [-0.05, 0) is 30.4 Å². The van der Waals surface area contributed by atoms with Crippen LogP contribution in [0.15, 0.2) is 60.7 Å². The maximum absolute atomic E-state index is 13.3. The van der Waals surface area contributed by atoms with Crippen LogP contribution in [0.4, 0.5) is 9.59 Å². The molecule has 0 heterocycles. The number of rotatable bonds is 15. The third kappa shape index (κ3) is 11.7. The average Bonchev–Trinajstić information content (AvgIpc) is 2.91. The first-order valence-corrected chi connectivity index (χ1v) is 13.4. The topological polar surface area (TPSA) is 163 Å². The maximum atomic E-state index is 13.3. The smallest absolute Gasteiger partial charge is 0.408 e. The van der Waals surface area contributed by atoms with Gasteiger partial charge in [0.2, 0.25) is 11.8 Å². The van der Waals surface area contributed by atoms with Gasteiger partial charge in [0.15, 0.2) is 0 Å². The van der Waals surface area contributed by atoms with Gasteiger partial charge in [-0.1, -0.05) is 74.5 Å². The monoisotopic (exact) mass is 555 g/mol. The van der Waals surface area contributed by atoms with Gasteiger partial charge in [-0.15, -0.1) is 0 Å². The van der Waals surface area contributed by atoms with Crippen LogP contribution in [-0.4, -0.2) is 71.8 Å². The molecule has 2 aromatic rings. The molecular formula is C29H41N5O6. The standard InChI is InChI=1S/C29H41N5O6/c1-4-31-28(38)34(17-20(2)3)18-25(35)23(15-21-11-7-5-8-12-21)32-27(37)24(16-26(30)36)33-29(39)40-19-22-13-9-6-10-14-22/h5-14,20,23-25,35H,4,15-19H2,1-3H3,(H2,30,36)(H,31,38)(H,32,37)(H,33,39)/t23-,24-,25?/m0/s1. The van der Waals surface area contributed by atoms with Gasteiger partial charge in [-0.3, -0.25) is 9.59 Å². The molecule has 0 radical (unpaired) electrons. The molecule has 0 aromatic heterocycles. The van der Waals surface area contributed by atoms with E-state index in [4.69, 9.17) is 10.5 Å². The number of nitrogens with zero attached hydrogens (tertiary/aromatic N) is 1. The molecule has 0 spiro atoms. The lowest BCUT2D eigenvalue weighted by Gasteiger charge is -2.32. The Kier molecular flexibility index (Phi) is 13.4. The van der Waals surface area contributed by atoms with Crippen molar-refractivity contribution in [2.75, 3.05) is 19.6 Å². The fourth-order valence-electron chi connectivity index (χ4n) is 4.05. The molecule has 1 unspecified atom stereocenters. The Morgan fingerprint density at radius 3 is 2.08 bits per heavy atom. The van der Waals surface area contributed by atoms with E-state index in [1.807, 2.05) is 50.2 Å². The molecule has 2 aromatic carbocycles. The van der Waals surface area contributed by atoms with E-state index in [1.165, 1.54) is 4.90 Å². The molecule has 0 saturated heterocycles. The number of hydrogen-bond donors (Lipinski definition) is 5. The van der Waals surface area contributed by atoms with Crippen LogP contribution in [0.2, 0.25) is 0 Å². The summed E-state index contributed by atoms with van der Waals surface area (Å²) in [5, 5.41) is 19.1. The average molecular weight is 556 g/mol. The second-order valence-electron chi connectivity index (χ2n) is 9.94. The number of nitrogens with one attached hydrogen (secondary N) is 3. The molecule has 0 aliphatic carbocycles. The van der Waals surface area contributed by atoms with Crippen molar-refractivity contribution in [1.82, 2.24) is 20.9 Å². The van der Waals surface area contributed by atoms with E-state index < -0.39 is 42.5 Å². The zero-order valence-corrected chi connectivity index (χ0v) is 23.3. The number of primary amides is 1. The minimum Gasteiger partial charge on any atom is -0.445 e. The summed E-state index contributed by atoms with van der Waals surface area (Å²) in [6, 6.07) is 15.7. The van der Waals surface area contributed by atoms with Gasteiger partial charge >= 0.3 is 12.1 Å². The van der Waals surface area contributed by atoms with Crippen LogP contribution in [-0.2, 0) is 27.4 Å². The zero-order chi connectivity index (χ0) is 29.5. The van der Waals surface area contributed by atoms with Crippen LogP contribution >= 0.6 is 0 Å². The molecule has 6 N–H and O–H groups in total. The summed E-state index contributed by atoms with van der Waals surface area (Å²) in [4.78, 5) is 51.6. The van der Waals surface area contributed by atoms with Crippen molar-refractivity contribution in [3.8, 4) is 0 Å². The first kappa shape index (κ1) is 32.1. The SMILES string of the molecule is CCNC(=O)N(CC(C)C)CC(O)[C@H](Cc1ccccc1)NC(=O)[C@H](CC(N)=O)NC(=O)OCc1ccccc1. The van der Waals surface area contributed by atoms with Crippen molar-refractivity contribution in [2.24, 2.45) is 11.7 Å². The van der Waals surface area contributed by atoms with Crippen molar-refractivity contribution in [1.29, 1.82) is 0 Å². The summed E-state index contributed by atoms with van der Waals surface area (Å²) in [5.41, 5.74) is 6.93. The minimum absolute atomic E-state index is 0.0293. The van der Waals surface area contributed by atoms with E-state index in [1.54, 1.807) is 31.2 Å². The van der Waals surface area contributed by atoms with Crippen molar-refractivity contribution in [2.45, 2.75) is 58.4 Å². The second kappa shape index (κ2) is 16.8. The lowest BCUT2D eigenvalue weighted by Crippen LogP contribution is -2.57. The number of benzene rings is 2. The highest BCUT2D eigenvalue weighted by Crippen LogP contribution is 2.11. The van der Waals surface area contributed by atoms with Crippen LogP contribution in [0.3, 0.4) is 0 Å². The zero-order valence-electron chi connectivity index (χ0n) is 23.3. The number of ether oxygens (including phenoxy) is 1. The van der Waals surface area contributed by atoms with Gasteiger partial charge in [0, 0.05) is 13.1 Å². The minimum atomic E-state index is -1.33. The molecule has 0 aliphatic rings. The van der Waals surface area contributed by atoms with Crippen molar-refractivity contribution in [3.63, 3.8) is 0 Å². The molecule has 11 nitrogen and oxygen atoms in total. The molecule has 0 aliphatic heterocycles. The largest absolute Gasteiger partial charge is 0.445 e. The van der Waals surface area contributed by atoms with Gasteiger partial charge in [0.05, 0.1) is 25.1 Å². The molecule has 2 rings (SSSR count). The van der Waals surface area contributed by atoms with Crippen LogP contribution < -0.4 is 21.7 Å². The number of amides is 5. The Hall–Kier alpha value is -4.12. The number of aliphatic hydroxyl groups is 1. The number of carbonyl (C=O) groups is 4. The Balaban J connectivity index is 2.18. The normalized spacial score (nSPS) is 13.0. The van der Waals surface area contributed by atoms with Crippen LogP contribution in [0.1, 0.15) is 38.3 Å². The predicted octanol–water partition coefficient (Wildman–Crippen LogP) is 1.93. The summed E-state index contributed by atoms with van der Waals surface area (Å²) in [5.74, 6) is -1.38. The molecule has 5 amide bonds. The third-order valence-corrected chi connectivity index (χ3v) is 5.93. The van der Waals surface area contributed by atoms with E-state index >= 15 is 0 Å². The molecule has 40 heavy (non-hydrogen) atoms. The molecule has 0 bridgehead atoms. The molecule has 0 fully saturated rings. The Labute approximate surface area is 235 Å². The first-order valence-electron chi connectivity index (χ1n) is 13.4. The number of nitrogens with two attached hydrogens (primary N) is 1. The van der Waals surface area contributed by atoms with Crippen LogP contribution in [0.25, 0.3) is 0 Å². The van der Waals surface area contributed by atoms with Crippen LogP contribution in [0, 0.1) is 5.92 Å². The summed E-state index contributed by atoms with van der Waals surface area (Å²) in [6.45, 7) is 6.46. The van der Waals surface area contributed by atoms with Gasteiger partial charge in [0.1, 0.15) is 12.6 Å². The summed E-state index contributed by atoms with van der Waals surface area (Å²) < 4.78 is 5.19. The number of hydrogen-bond acceptors (Lipinski definition) is 6. The first-order chi connectivity index (χ1) is 19.1.